The molecule has 1 amide bonds. The summed E-state index contributed by atoms with van der Waals surface area (Å²) in [5.74, 6) is 1.33. The van der Waals surface area contributed by atoms with Gasteiger partial charge in [-0.15, -0.1) is 0 Å². The number of nitrogens with one attached hydrogen (secondary N) is 1. The second kappa shape index (κ2) is 8.39. The lowest BCUT2D eigenvalue weighted by Crippen LogP contribution is -2.43. The molecule has 0 aliphatic rings. The number of hydrogen-bond donors (Lipinski definition) is 1. The molecule has 4 heteroatoms. The van der Waals surface area contributed by atoms with Gasteiger partial charge in [0.1, 0.15) is 18.1 Å². The van der Waals surface area contributed by atoms with E-state index in [1.807, 2.05) is 69.3 Å². The van der Waals surface area contributed by atoms with Crippen LogP contribution < -0.4 is 14.8 Å². The number of carbonyl (C=O) groups is 1. The van der Waals surface area contributed by atoms with Crippen molar-refractivity contribution >= 4 is 5.91 Å². The Bertz CT molecular complexity index is 650. The summed E-state index contributed by atoms with van der Waals surface area (Å²) < 4.78 is 11.3. The Morgan fingerprint density at radius 2 is 1.42 bits per heavy atom. The third kappa shape index (κ3) is 5.61. The number of aryl methyl sites for hydroxylation is 2. The number of ether oxygens (including phenoxy) is 2. The van der Waals surface area contributed by atoms with Crippen molar-refractivity contribution in [1.82, 2.24) is 5.32 Å². The number of hydrogen-bond acceptors (Lipinski definition) is 3. The van der Waals surface area contributed by atoms with E-state index in [1.54, 1.807) is 6.92 Å². The van der Waals surface area contributed by atoms with Crippen LogP contribution in [0.4, 0.5) is 0 Å². The molecule has 0 fully saturated rings. The van der Waals surface area contributed by atoms with Crippen LogP contribution in [0.5, 0.6) is 11.5 Å². The summed E-state index contributed by atoms with van der Waals surface area (Å²) in [6.45, 7) is 8.09. The molecule has 0 aliphatic heterocycles. The van der Waals surface area contributed by atoms with Gasteiger partial charge in [-0.25, -0.2) is 0 Å². The van der Waals surface area contributed by atoms with E-state index in [9.17, 15) is 4.79 Å². The molecule has 2 aromatic carbocycles. The van der Waals surface area contributed by atoms with Crippen molar-refractivity contribution in [2.75, 3.05) is 6.61 Å². The van der Waals surface area contributed by atoms with Crippen molar-refractivity contribution in [3.05, 3.63) is 59.7 Å². The maximum atomic E-state index is 12.2. The largest absolute Gasteiger partial charge is 0.491 e. The molecule has 4 nitrogen and oxygen atoms in total. The molecule has 0 spiro atoms. The van der Waals surface area contributed by atoms with Gasteiger partial charge in [0.25, 0.3) is 5.91 Å². The van der Waals surface area contributed by atoms with Crippen LogP contribution in [-0.4, -0.2) is 24.7 Å². The highest BCUT2D eigenvalue weighted by atomic mass is 16.5. The molecule has 0 bridgehead atoms. The Labute approximate surface area is 143 Å². The highest BCUT2D eigenvalue weighted by molar-refractivity contribution is 5.81. The van der Waals surface area contributed by atoms with Gasteiger partial charge in [-0.1, -0.05) is 35.4 Å². The second-order valence-corrected chi connectivity index (χ2v) is 6.11. The van der Waals surface area contributed by atoms with E-state index >= 15 is 0 Å². The number of carbonyl (C=O) groups excluding carboxylic acids is 1. The molecule has 24 heavy (non-hydrogen) atoms. The van der Waals surface area contributed by atoms with Crippen molar-refractivity contribution in [1.29, 1.82) is 0 Å². The van der Waals surface area contributed by atoms with Crippen LogP contribution >= 0.6 is 0 Å². The number of benzene rings is 2. The van der Waals surface area contributed by atoms with Crippen LogP contribution in [0.3, 0.4) is 0 Å². The minimum absolute atomic E-state index is 0.108. The van der Waals surface area contributed by atoms with E-state index in [1.165, 1.54) is 5.56 Å². The third-order valence-corrected chi connectivity index (χ3v) is 3.61. The predicted octanol–water partition coefficient (Wildman–Crippen LogP) is 3.65. The molecule has 2 rings (SSSR count). The van der Waals surface area contributed by atoms with Crippen molar-refractivity contribution in [2.45, 2.75) is 39.8 Å². The molecular formula is C20H25NO3. The van der Waals surface area contributed by atoms with Crippen molar-refractivity contribution in [2.24, 2.45) is 0 Å². The Kier molecular flexibility index (Phi) is 6.24. The highest BCUT2D eigenvalue weighted by Crippen LogP contribution is 2.14. The van der Waals surface area contributed by atoms with E-state index in [0.717, 1.165) is 11.3 Å². The van der Waals surface area contributed by atoms with Gasteiger partial charge >= 0.3 is 0 Å². The molecule has 0 aromatic heterocycles. The van der Waals surface area contributed by atoms with E-state index in [2.05, 4.69) is 5.32 Å². The number of amides is 1. The van der Waals surface area contributed by atoms with E-state index < -0.39 is 6.10 Å². The quantitative estimate of drug-likeness (QED) is 0.844. The summed E-state index contributed by atoms with van der Waals surface area (Å²) >= 11 is 0. The summed E-state index contributed by atoms with van der Waals surface area (Å²) in [4.78, 5) is 12.2. The van der Waals surface area contributed by atoms with Crippen LogP contribution in [0.25, 0.3) is 0 Å². The van der Waals surface area contributed by atoms with E-state index in [0.29, 0.717) is 12.4 Å². The SMILES string of the molecule is Cc1ccc(OC[C@@H](C)NC(=O)[C@@H](C)Oc2ccc(C)cc2)cc1. The molecule has 0 radical (unpaired) electrons. The summed E-state index contributed by atoms with van der Waals surface area (Å²) in [6, 6.07) is 15.4. The summed E-state index contributed by atoms with van der Waals surface area (Å²) in [5, 5.41) is 2.90. The predicted molar refractivity (Wildman–Crippen MR) is 95.5 cm³/mol. The van der Waals surface area contributed by atoms with Crippen LogP contribution in [0.1, 0.15) is 25.0 Å². The molecule has 2 aromatic rings. The maximum absolute atomic E-state index is 12.2. The second-order valence-electron chi connectivity index (χ2n) is 6.11. The lowest BCUT2D eigenvalue weighted by Gasteiger charge is -2.19. The van der Waals surface area contributed by atoms with Crippen LogP contribution in [0.2, 0.25) is 0 Å². The van der Waals surface area contributed by atoms with Crippen LogP contribution in [0.15, 0.2) is 48.5 Å². The standard InChI is InChI=1S/C20H25NO3/c1-14-5-9-18(10-6-14)23-13-16(3)21-20(22)17(4)24-19-11-7-15(2)8-12-19/h5-12,16-17H,13H2,1-4H3,(H,21,22)/t16-,17-/m1/s1. The zero-order valence-electron chi connectivity index (χ0n) is 14.7. The third-order valence-electron chi connectivity index (χ3n) is 3.61. The first-order chi connectivity index (χ1) is 11.4. The smallest absolute Gasteiger partial charge is 0.261 e. The van der Waals surface area contributed by atoms with E-state index in [-0.39, 0.29) is 11.9 Å². The Balaban J connectivity index is 1.77. The van der Waals surface area contributed by atoms with Gasteiger partial charge in [-0.2, -0.15) is 0 Å². The average Bonchev–Trinajstić information content (AvgIpc) is 2.56. The van der Waals surface area contributed by atoms with Gasteiger partial charge in [0.2, 0.25) is 0 Å². The first kappa shape index (κ1) is 17.9. The van der Waals surface area contributed by atoms with Gasteiger partial charge in [0.05, 0.1) is 6.04 Å². The Hall–Kier alpha value is -2.49. The fraction of sp³-hybridized carbons (Fsp3) is 0.350. The van der Waals surface area contributed by atoms with Gasteiger partial charge in [0, 0.05) is 0 Å². The van der Waals surface area contributed by atoms with Gasteiger partial charge in [0.15, 0.2) is 6.10 Å². The fourth-order valence-electron chi connectivity index (χ4n) is 2.13. The zero-order chi connectivity index (χ0) is 17.5. The summed E-state index contributed by atoms with van der Waals surface area (Å²) in [6.07, 6.45) is -0.561. The average molecular weight is 327 g/mol. The molecule has 0 saturated heterocycles. The molecular weight excluding hydrogens is 302 g/mol. The topological polar surface area (TPSA) is 47.6 Å². The normalized spacial score (nSPS) is 13.0. The highest BCUT2D eigenvalue weighted by Gasteiger charge is 2.17. The van der Waals surface area contributed by atoms with Crippen molar-refractivity contribution < 1.29 is 14.3 Å². The molecule has 0 heterocycles. The molecule has 0 saturated carbocycles. The fourth-order valence-corrected chi connectivity index (χ4v) is 2.13. The molecule has 0 unspecified atom stereocenters. The summed E-state index contributed by atoms with van der Waals surface area (Å²) in [7, 11) is 0. The van der Waals surface area contributed by atoms with Crippen LogP contribution in [0, 0.1) is 13.8 Å². The van der Waals surface area contributed by atoms with Crippen LogP contribution in [-0.2, 0) is 4.79 Å². The Morgan fingerprint density at radius 1 is 0.917 bits per heavy atom. The minimum Gasteiger partial charge on any atom is -0.491 e. The van der Waals surface area contributed by atoms with Gasteiger partial charge < -0.3 is 14.8 Å². The lowest BCUT2D eigenvalue weighted by atomic mass is 10.2. The van der Waals surface area contributed by atoms with Gasteiger partial charge in [-0.05, 0) is 52.0 Å². The first-order valence-corrected chi connectivity index (χ1v) is 8.17. The molecule has 2 atom stereocenters. The molecule has 0 aliphatic carbocycles. The van der Waals surface area contributed by atoms with Crippen molar-refractivity contribution in [3.8, 4) is 11.5 Å². The molecule has 1 N–H and O–H groups in total. The maximum Gasteiger partial charge on any atom is 0.261 e. The molecule has 128 valence electrons. The van der Waals surface area contributed by atoms with Gasteiger partial charge in [-0.3, -0.25) is 4.79 Å². The summed E-state index contributed by atoms with van der Waals surface area (Å²) in [5.41, 5.74) is 2.34. The minimum atomic E-state index is -0.561. The lowest BCUT2D eigenvalue weighted by molar-refractivity contribution is -0.128. The zero-order valence-corrected chi connectivity index (χ0v) is 14.7. The van der Waals surface area contributed by atoms with E-state index in [4.69, 9.17) is 9.47 Å². The van der Waals surface area contributed by atoms with Crippen molar-refractivity contribution in [3.63, 3.8) is 0 Å². The number of rotatable bonds is 7. The Morgan fingerprint density at radius 3 is 1.96 bits per heavy atom. The monoisotopic (exact) mass is 327 g/mol. The first-order valence-electron chi connectivity index (χ1n) is 8.17.